The molecule has 11 N–H and O–H groups in total. The summed E-state index contributed by atoms with van der Waals surface area (Å²) in [4.78, 5) is 91.7. The zero-order valence-electron chi connectivity index (χ0n) is 38.1. The summed E-state index contributed by atoms with van der Waals surface area (Å²) in [6.45, 7) is 9.27. The third-order valence-electron chi connectivity index (χ3n) is 10.9. The standard InChI is InChI=1S/C47H60N10O9/c1-26-34(24-51-41(53-26)29-8-11-31(12-9-29)47(3,4)5)43(61)55-35(15-16-48)46(64)57(6)40-30-10-14-38(66-20-18-50)33(23-30)32-21-28(7-13-37(32)65-19-17-49)22-36(44(62)52-25-39(58)59)56-42(60)27(2)54-45(40)63/h7-14,21,23-24,27,35-36,40H,15-20,22,25,48-50H2,1-6H3,(H,52,62)(H,54,63)(H,55,61)(H,56,60)(H,58,59)/t27-,35-,36-,40-/m0/s1. The average Bonchev–Trinajstić information content (AvgIpc) is 3.28. The van der Waals surface area contributed by atoms with Gasteiger partial charge in [0.15, 0.2) is 5.82 Å². The van der Waals surface area contributed by atoms with Crippen LogP contribution in [0.3, 0.4) is 0 Å². The molecule has 0 unspecified atom stereocenters. The minimum atomic E-state index is -1.43. The van der Waals surface area contributed by atoms with Crippen molar-refractivity contribution < 1.29 is 43.3 Å². The maximum absolute atomic E-state index is 14.6. The minimum Gasteiger partial charge on any atom is -0.492 e. The molecular formula is C47H60N10O9. The second-order valence-corrected chi connectivity index (χ2v) is 16.9. The molecule has 4 bridgehead atoms. The topological polar surface area (TPSA) is 296 Å². The van der Waals surface area contributed by atoms with Gasteiger partial charge in [-0.15, -0.1) is 0 Å². The molecule has 1 aliphatic heterocycles. The maximum atomic E-state index is 14.6. The van der Waals surface area contributed by atoms with Crippen LogP contribution in [-0.4, -0.2) is 120 Å². The number of carboxylic acid groups (broad SMARTS) is 1. The molecule has 1 aliphatic rings. The lowest BCUT2D eigenvalue weighted by Gasteiger charge is -2.32. The van der Waals surface area contributed by atoms with E-state index in [2.05, 4.69) is 52.0 Å². The number of aryl methyl sites for hydroxylation is 1. The van der Waals surface area contributed by atoms with Gasteiger partial charge in [-0.25, -0.2) is 9.97 Å². The van der Waals surface area contributed by atoms with Gasteiger partial charge in [-0.1, -0.05) is 57.2 Å². The van der Waals surface area contributed by atoms with Crippen molar-refractivity contribution in [3.05, 3.63) is 94.8 Å². The highest BCUT2D eigenvalue weighted by molar-refractivity contribution is 6.00. The van der Waals surface area contributed by atoms with Crippen LogP contribution >= 0.6 is 0 Å². The summed E-state index contributed by atoms with van der Waals surface area (Å²) in [7, 11) is 1.39. The summed E-state index contributed by atoms with van der Waals surface area (Å²) in [5.41, 5.74) is 21.7. The van der Waals surface area contributed by atoms with E-state index in [0.717, 1.165) is 16.0 Å². The van der Waals surface area contributed by atoms with E-state index in [-0.39, 0.29) is 62.2 Å². The number of ether oxygens (including phenoxy) is 2. The van der Waals surface area contributed by atoms with Crippen LogP contribution in [0, 0.1) is 6.92 Å². The Hall–Kier alpha value is -6.96. The Kier molecular flexibility index (Phi) is 16.9. The number of carbonyl (C=O) groups is 6. The highest BCUT2D eigenvalue weighted by atomic mass is 16.5. The Balaban J connectivity index is 1.55. The molecule has 66 heavy (non-hydrogen) atoms. The first-order valence-corrected chi connectivity index (χ1v) is 21.6. The van der Waals surface area contributed by atoms with Gasteiger partial charge in [0.05, 0.1) is 11.3 Å². The van der Waals surface area contributed by atoms with Crippen molar-refractivity contribution in [3.8, 4) is 34.0 Å². The van der Waals surface area contributed by atoms with Crippen molar-refractivity contribution in [3.63, 3.8) is 0 Å². The second-order valence-electron chi connectivity index (χ2n) is 16.9. The largest absolute Gasteiger partial charge is 0.492 e. The Bertz CT molecular complexity index is 2420. The van der Waals surface area contributed by atoms with Gasteiger partial charge in [-0.2, -0.15) is 0 Å². The molecule has 0 spiro atoms. The van der Waals surface area contributed by atoms with Gasteiger partial charge in [0.25, 0.3) is 5.91 Å². The number of benzene rings is 3. The summed E-state index contributed by atoms with van der Waals surface area (Å²) in [6.07, 6.45) is 1.29. The molecule has 4 aromatic rings. The van der Waals surface area contributed by atoms with Crippen LogP contribution in [0.15, 0.2) is 66.9 Å². The highest BCUT2D eigenvalue weighted by Gasteiger charge is 2.36. The third kappa shape index (κ3) is 12.4. The lowest BCUT2D eigenvalue weighted by atomic mass is 9.87. The number of nitrogens with zero attached hydrogens (tertiary/aromatic N) is 3. The van der Waals surface area contributed by atoms with Gasteiger partial charge in [0.1, 0.15) is 55.4 Å². The number of carbonyl (C=O) groups excluding carboxylic acids is 5. The van der Waals surface area contributed by atoms with Crippen LogP contribution in [-0.2, 0) is 35.8 Å². The molecule has 0 aliphatic carbocycles. The number of likely N-dealkylation sites (N-methyl/N-ethyl adjacent to an activating group) is 1. The van der Waals surface area contributed by atoms with Crippen molar-refractivity contribution in [2.45, 2.75) is 77.0 Å². The van der Waals surface area contributed by atoms with Crippen LogP contribution in [0.5, 0.6) is 11.5 Å². The van der Waals surface area contributed by atoms with Gasteiger partial charge in [0, 0.05) is 49.4 Å². The van der Waals surface area contributed by atoms with Crippen LogP contribution in [0.1, 0.15) is 72.9 Å². The highest BCUT2D eigenvalue weighted by Crippen LogP contribution is 2.40. The summed E-state index contributed by atoms with van der Waals surface area (Å²) in [6, 6.07) is 12.6. The fourth-order valence-electron chi connectivity index (χ4n) is 7.35. The molecule has 5 amide bonds. The molecule has 352 valence electrons. The van der Waals surface area contributed by atoms with E-state index in [4.69, 9.17) is 26.7 Å². The molecule has 19 heteroatoms. The Morgan fingerprint density at radius 1 is 0.894 bits per heavy atom. The minimum absolute atomic E-state index is 0.0158. The van der Waals surface area contributed by atoms with E-state index in [1.165, 1.54) is 20.2 Å². The number of nitrogens with one attached hydrogen (secondary N) is 4. The molecular weight excluding hydrogens is 849 g/mol. The first-order valence-electron chi connectivity index (χ1n) is 21.6. The van der Waals surface area contributed by atoms with E-state index in [1.54, 1.807) is 43.3 Å². The average molecular weight is 909 g/mol. The summed E-state index contributed by atoms with van der Waals surface area (Å²) in [5.74, 6) is -3.84. The van der Waals surface area contributed by atoms with Crippen molar-refractivity contribution in [2.75, 3.05) is 46.4 Å². The number of aromatic nitrogens is 2. The monoisotopic (exact) mass is 908 g/mol. The maximum Gasteiger partial charge on any atom is 0.322 e. The van der Waals surface area contributed by atoms with Gasteiger partial charge < -0.3 is 57.9 Å². The van der Waals surface area contributed by atoms with E-state index in [0.29, 0.717) is 39.7 Å². The van der Waals surface area contributed by atoms with E-state index < -0.39 is 66.2 Å². The zero-order valence-corrected chi connectivity index (χ0v) is 38.1. The van der Waals surface area contributed by atoms with Crippen LogP contribution in [0.25, 0.3) is 22.5 Å². The molecule has 0 radical (unpaired) electrons. The van der Waals surface area contributed by atoms with Gasteiger partial charge in [-0.3, -0.25) is 28.8 Å². The zero-order chi connectivity index (χ0) is 48.3. The quantitative estimate of drug-likeness (QED) is 0.0791. The molecule has 4 atom stereocenters. The molecule has 0 saturated carbocycles. The number of fused-ring (bicyclic) bond motifs is 5. The van der Waals surface area contributed by atoms with Crippen LogP contribution in [0.4, 0.5) is 0 Å². The number of rotatable bonds is 16. The Morgan fingerprint density at radius 3 is 2.12 bits per heavy atom. The van der Waals surface area contributed by atoms with Crippen LogP contribution < -0.4 is 47.9 Å². The third-order valence-corrected chi connectivity index (χ3v) is 10.9. The lowest BCUT2D eigenvalue weighted by molar-refractivity contribution is -0.141. The number of carboxylic acids is 1. The van der Waals surface area contributed by atoms with Crippen molar-refractivity contribution in [2.24, 2.45) is 17.2 Å². The molecule has 2 heterocycles. The number of hydrogen-bond donors (Lipinski definition) is 8. The second kappa shape index (κ2) is 22.3. The van der Waals surface area contributed by atoms with Gasteiger partial charge in [-0.05, 0) is 73.2 Å². The van der Waals surface area contributed by atoms with Crippen molar-refractivity contribution >= 4 is 35.5 Å². The molecule has 3 aromatic carbocycles. The first-order chi connectivity index (χ1) is 31.4. The Morgan fingerprint density at radius 2 is 1.53 bits per heavy atom. The normalized spacial score (nSPS) is 16.7. The number of nitrogens with two attached hydrogens (primary N) is 3. The number of aliphatic carboxylic acids is 1. The molecule has 0 saturated heterocycles. The van der Waals surface area contributed by atoms with Crippen molar-refractivity contribution in [1.82, 2.24) is 36.1 Å². The molecule has 5 rings (SSSR count). The first kappa shape index (κ1) is 50.0. The predicted molar refractivity (Wildman–Crippen MR) is 246 cm³/mol. The summed E-state index contributed by atoms with van der Waals surface area (Å²) < 4.78 is 12.1. The molecule has 19 nitrogen and oxygen atoms in total. The number of amides is 5. The fraction of sp³-hybridized carbons (Fsp3) is 0.404. The van der Waals surface area contributed by atoms with E-state index in [1.807, 2.05) is 24.3 Å². The van der Waals surface area contributed by atoms with Gasteiger partial charge >= 0.3 is 5.97 Å². The summed E-state index contributed by atoms with van der Waals surface area (Å²) in [5, 5.41) is 19.7. The van der Waals surface area contributed by atoms with Crippen LogP contribution in [0.2, 0.25) is 0 Å². The predicted octanol–water partition coefficient (Wildman–Crippen LogP) is 1.48. The lowest BCUT2D eigenvalue weighted by Crippen LogP contribution is -2.56. The smallest absolute Gasteiger partial charge is 0.322 e. The van der Waals surface area contributed by atoms with E-state index >= 15 is 0 Å². The fourth-order valence-corrected chi connectivity index (χ4v) is 7.35. The molecule has 0 fully saturated rings. The van der Waals surface area contributed by atoms with Crippen molar-refractivity contribution in [1.29, 1.82) is 0 Å². The summed E-state index contributed by atoms with van der Waals surface area (Å²) >= 11 is 0. The SMILES string of the molecule is Cc1nc(-c2ccc(C(C)(C)C)cc2)ncc1C(=O)N[C@@H](CCN)C(=O)N(C)[C@@H]1C(=O)N[C@@H](C)C(=O)N[C@H](C(=O)NCC(=O)O)Cc2ccc(OCCN)c(c2)-c2cc1ccc2OCCN. The molecule has 1 aromatic heterocycles. The Labute approximate surface area is 383 Å². The number of hydrogen-bond acceptors (Lipinski definition) is 13. The van der Waals surface area contributed by atoms with Gasteiger partial charge in [0.2, 0.25) is 23.6 Å². The van der Waals surface area contributed by atoms with E-state index in [9.17, 15) is 33.9 Å².